The van der Waals surface area contributed by atoms with Gasteiger partial charge in [-0.05, 0) is 70.6 Å². The highest BCUT2D eigenvalue weighted by Gasteiger charge is 2.44. The van der Waals surface area contributed by atoms with E-state index in [1.165, 1.54) is 283 Å². The number of aliphatic hydroxyl groups is 5. The van der Waals surface area contributed by atoms with Crippen molar-refractivity contribution in [2.75, 3.05) is 13.2 Å². The van der Waals surface area contributed by atoms with Gasteiger partial charge in [-0.3, -0.25) is 4.79 Å². The van der Waals surface area contributed by atoms with Crippen LogP contribution < -0.4 is 5.32 Å². The lowest BCUT2D eigenvalue weighted by atomic mass is 9.99. The van der Waals surface area contributed by atoms with Crippen LogP contribution in [-0.4, -0.2) is 87.5 Å². The molecule has 0 aromatic carbocycles. The minimum absolute atomic E-state index is 0.137. The molecule has 1 saturated heterocycles. The molecular weight excluding hydrogens is 1160 g/mol. The quantitative estimate of drug-likeness (QED) is 0.0261. The van der Waals surface area contributed by atoms with E-state index >= 15 is 0 Å². The van der Waals surface area contributed by atoms with E-state index in [2.05, 4.69) is 104 Å². The summed E-state index contributed by atoms with van der Waals surface area (Å²) in [5, 5.41) is 55.1. The zero-order valence-corrected chi connectivity index (χ0v) is 61.7. The standard InChI is InChI=1S/C85H155NO8/c1-3-5-7-9-11-13-15-17-19-21-23-25-27-29-31-33-35-37-38-39-40-41-42-43-45-47-49-51-53-55-57-59-61-63-65-67-69-71-73-75-81(89)86-78(77-93-85-84(92)83(91)82(90)80(76-87)94-85)79(88)74-72-70-68-66-64-62-60-58-56-54-52-50-48-46-44-36-34-32-30-28-26-24-22-20-18-16-14-12-10-8-6-4-2/h5,7,11,13,17,19,23,25,29,31,35,37,39-40,78-80,82-85,87-88,90-92H,3-4,6,8-10,12,14-16,18,20-22,24,26-28,30,32-34,36,38,41-77H2,1-2H3,(H,86,89)/b7-5-,13-11-,19-17-,25-23-,31-29-,37-35-,40-39-. The fraction of sp³-hybridized carbons (Fsp3) is 0.824. The van der Waals surface area contributed by atoms with Crippen LogP contribution in [0.5, 0.6) is 0 Å². The molecule has 0 saturated carbocycles. The van der Waals surface area contributed by atoms with Gasteiger partial charge in [-0.15, -0.1) is 0 Å². The Balaban J connectivity index is 2.06. The van der Waals surface area contributed by atoms with Crippen LogP contribution in [0.2, 0.25) is 0 Å². The molecule has 94 heavy (non-hydrogen) atoms. The molecule has 9 nitrogen and oxygen atoms in total. The van der Waals surface area contributed by atoms with Gasteiger partial charge in [-0.25, -0.2) is 0 Å². The second-order valence-corrected chi connectivity index (χ2v) is 28.2. The molecule has 0 bridgehead atoms. The second kappa shape index (κ2) is 73.1. The predicted molar refractivity (Wildman–Crippen MR) is 405 cm³/mol. The van der Waals surface area contributed by atoms with Crippen LogP contribution in [0.3, 0.4) is 0 Å². The molecule has 6 N–H and O–H groups in total. The number of rotatable bonds is 72. The average molecular weight is 1320 g/mol. The molecule has 0 radical (unpaired) electrons. The van der Waals surface area contributed by atoms with Crippen LogP contribution >= 0.6 is 0 Å². The maximum atomic E-state index is 13.2. The summed E-state index contributed by atoms with van der Waals surface area (Å²) in [6.45, 7) is 3.78. The van der Waals surface area contributed by atoms with Gasteiger partial charge < -0.3 is 40.3 Å². The molecule has 0 aromatic heterocycles. The largest absolute Gasteiger partial charge is 0.394 e. The Hall–Kier alpha value is -2.63. The van der Waals surface area contributed by atoms with Gasteiger partial charge in [-0.1, -0.05) is 401 Å². The van der Waals surface area contributed by atoms with Gasteiger partial charge in [0.2, 0.25) is 5.91 Å². The first-order chi connectivity index (χ1) is 46.3. The van der Waals surface area contributed by atoms with Crippen LogP contribution in [0, 0.1) is 0 Å². The number of aliphatic hydroxyl groups excluding tert-OH is 5. The lowest BCUT2D eigenvalue weighted by Gasteiger charge is -2.40. The Kier molecular flexibility index (Phi) is 69.5. The first-order valence-corrected chi connectivity index (χ1v) is 40.8. The molecule has 1 heterocycles. The van der Waals surface area contributed by atoms with Gasteiger partial charge in [0, 0.05) is 6.42 Å². The molecule has 0 spiro atoms. The minimum Gasteiger partial charge on any atom is -0.394 e. The van der Waals surface area contributed by atoms with Gasteiger partial charge in [0.15, 0.2) is 6.29 Å². The van der Waals surface area contributed by atoms with Crippen molar-refractivity contribution >= 4 is 5.91 Å². The molecule has 0 aliphatic carbocycles. The van der Waals surface area contributed by atoms with Crippen molar-refractivity contribution in [2.45, 2.75) is 436 Å². The van der Waals surface area contributed by atoms with Crippen molar-refractivity contribution in [1.82, 2.24) is 5.32 Å². The zero-order chi connectivity index (χ0) is 67.8. The fourth-order valence-corrected chi connectivity index (χ4v) is 13.0. The Morgan fingerprint density at radius 2 is 0.660 bits per heavy atom. The number of hydrogen-bond donors (Lipinski definition) is 6. The van der Waals surface area contributed by atoms with E-state index in [0.29, 0.717) is 12.8 Å². The average Bonchev–Trinajstić information content (AvgIpc) is 0.829. The van der Waals surface area contributed by atoms with Gasteiger partial charge >= 0.3 is 0 Å². The highest BCUT2D eigenvalue weighted by Crippen LogP contribution is 2.24. The summed E-state index contributed by atoms with van der Waals surface area (Å²) in [4.78, 5) is 13.2. The molecule has 7 atom stereocenters. The maximum absolute atomic E-state index is 13.2. The molecule has 0 aromatic rings. The van der Waals surface area contributed by atoms with Gasteiger partial charge in [0.05, 0.1) is 25.4 Å². The van der Waals surface area contributed by atoms with E-state index in [1.807, 2.05) is 0 Å². The third-order valence-corrected chi connectivity index (χ3v) is 19.3. The van der Waals surface area contributed by atoms with Gasteiger partial charge in [0.25, 0.3) is 0 Å². The maximum Gasteiger partial charge on any atom is 0.220 e. The van der Waals surface area contributed by atoms with Crippen molar-refractivity contribution in [3.8, 4) is 0 Å². The topological polar surface area (TPSA) is 149 Å². The number of unbranched alkanes of at least 4 members (excludes halogenated alkanes) is 48. The molecule has 1 aliphatic heterocycles. The van der Waals surface area contributed by atoms with Crippen molar-refractivity contribution in [3.05, 3.63) is 85.1 Å². The normalized spacial score (nSPS) is 18.0. The number of carbonyl (C=O) groups is 1. The smallest absolute Gasteiger partial charge is 0.220 e. The van der Waals surface area contributed by atoms with E-state index in [0.717, 1.165) is 83.5 Å². The summed E-state index contributed by atoms with van der Waals surface area (Å²) in [7, 11) is 0. The summed E-state index contributed by atoms with van der Waals surface area (Å²) >= 11 is 0. The molecule has 1 rings (SSSR count). The highest BCUT2D eigenvalue weighted by molar-refractivity contribution is 5.76. The Labute approximate surface area is 581 Å². The number of allylic oxidation sites excluding steroid dienone is 14. The Bertz CT molecular complexity index is 1770. The third-order valence-electron chi connectivity index (χ3n) is 19.3. The summed E-state index contributed by atoms with van der Waals surface area (Å²) in [6, 6.07) is -0.724. The molecule has 1 amide bonds. The van der Waals surface area contributed by atoms with Crippen LogP contribution in [0.1, 0.15) is 393 Å². The lowest BCUT2D eigenvalue weighted by molar-refractivity contribution is -0.302. The van der Waals surface area contributed by atoms with Crippen molar-refractivity contribution < 1.29 is 39.8 Å². The van der Waals surface area contributed by atoms with E-state index in [-0.39, 0.29) is 12.5 Å². The number of amides is 1. The van der Waals surface area contributed by atoms with Crippen molar-refractivity contribution in [3.63, 3.8) is 0 Å². The van der Waals surface area contributed by atoms with Gasteiger partial charge in [0.1, 0.15) is 24.4 Å². The Morgan fingerprint density at radius 3 is 0.979 bits per heavy atom. The first kappa shape index (κ1) is 89.4. The lowest BCUT2D eigenvalue weighted by Crippen LogP contribution is -2.60. The van der Waals surface area contributed by atoms with E-state index < -0.39 is 49.5 Å². The predicted octanol–water partition coefficient (Wildman–Crippen LogP) is 23.6. The van der Waals surface area contributed by atoms with Crippen molar-refractivity contribution in [1.29, 1.82) is 0 Å². The van der Waals surface area contributed by atoms with Gasteiger partial charge in [-0.2, -0.15) is 0 Å². The van der Waals surface area contributed by atoms with E-state index in [9.17, 15) is 30.3 Å². The molecule has 9 heteroatoms. The second-order valence-electron chi connectivity index (χ2n) is 28.2. The number of ether oxygens (including phenoxy) is 2. The summed E-state index contributed by atoms with van der Waals surface area (Å²) in [5.41, 5.74) is 0. The highest BCUT2D eigenvalue weighted by atomic mass is 16.7. The number of nitrogens with one attached hydrogen (secondary N) is 1. The van der Waals surface area contributed by atoms with E-state index in [1.54, 1.807) is 0 Å². The Morgan fingerprint density at radius 1 is 0.372 bits per heavy atom. The fourth-order valence-electron chi connectivity index (χ4n) is 13.0. The summed E-state index contributed by atoms with van der Waals surface area (Å²) < 4.78 is 11.4. The first-order valence-electron chi connectivity index (χ1n) is 40.8. The monoisotopic (exact) mass is 1320 g/mol. The SMILES string of the molecule is CC/C=C\C/C=C\C/C=C\C/C=C\C/C=C\C/C=C\C/C=C\CCCCCCCCCCCCCCCCCCCC(=O)NC(COC1OC(CO)C(O)C(O)C1O)C(O)CCCCCCCCCCCCCCCCCCCCCCCCCCCCCCCCCC. The minimum atomic E-state index is -1.56. The van der Waals surface area contributed by atoms with Crippen LogP contribution in [-0.2, 0) is 14.3 Å². The van der Waals surface area contributed by atoms with Crippen LogP contribution in [0.4, 0.5) is 0 Å². The number of hydrogen-bond acceptors (Lipinski definition) is 8. The van der Waals surface area contributed by atoms with E-state index in [4.69, 9.17) is 9.47 Å². The molecule has 7 unspecified atom stereocenters. The summed E-state index contributed by atoms with van der Waals surface area (Å²) in [6.07, 6.45) is 98.3. The van der Waals surface area contributed by atoms with Crippen molar-refractivity contribution in [2.24, 2.45) is 0 Å². The molecule has 1 fully saturated rings. The van der Waals surface area contributed by atoms with Crippen LogP contribution in [0.15, 0.2) is 85.1 Å². The van der Waals surface area contributed by atoms with Crippen LogP contribution in [0.25, 0.3) is 0 Å². The number of carbonyl (C=O) groups excluding carboxylic acids is 1. The summed E-state index contributed by atoms with van der Waals surface area (Å²) in [5.74, 6) is -0.139. The molecular formula is C85H155NO8. The zero-order valence-electron chi connectivity index (χ0n) is 61.7. The molecule has 1 aliphatic rings. The third kappa shape index (κ3) is 60.5. The molecule has 548 valence electrons.